The van der Waals surface area contributed by atoms with Crippen LogP contribution in [0, 0.1) is 0 Å². The van der Waals surface area contributed by atoms with Gasteiger partial charge in [0.1, 0.15) is 6.23 Å². The zero-order chi connectivity index (χ0) is 7.56. The van der Waals surface area contributed by atoms with Crippen LogP contribution in [0.2, 0.25) is 0 Å². The molecule has 1 fully saturated rings. The van der Waals surface area contributed by atoms with Gasteiger partial charge in [-0.25, -0.2) is 10.4 Å². The summed E-state index contributed by atoms with van der Waals surface area (Å²) in [5.74, 6) is -0.0266. The Hall–Kier alpha value is -0.610. The van der Waals surface area contributed by atoms with Gasteiger partial charge in [0.05, 0.1) is 0 Å². The first kappa shape index (κ1) is 7.50. The van der Waals surface area contributed by atoms with E-state index in [2.05, 4.69) is 5.43 Å². The second-order valence-corrected chi connectivity index (χ2v) is 2.41. The number of hydrogen-bond acceptors (Lipinski definition) is 3. The van der Waals surface area contributed by atoms with Gasteiger partial charge in [-0.2, -0.15) is 0 Å². The van der Waals surface area contributed by atoms with Gasteiger partial charge < -0.3 is 5.11 Å². The molecule has 10 heavy (non-hydrogen) atoms. The first-order valence-corrected chi connectivity index (χ1v) is 3.45. The van der Waals surface area contributed by atoms with Crippen LogP contribution in [0.3, 0.4) is 0 Å². The number of hydrazine groups is 1. The summed E-state index contributed by atoms with van der Waals surface area (Å²) in [7, 11) is 0. The van der Waals surface area contributed by atoms with Crippen molar-refractivity contribution in [2.75, 3.05) is 6.54 Å². The van der Waals surface area contributed by atoms with E-state index in [4.69, 9.17) is 5.11 Å². The van der Waals surface area contributed by atoms with Crippen LogP contribution >= 0.6 is 0 Å². The van der Waals surface area contributed by atoms with Crippen LogP contribution in [0.5, 0.6) is 0 Å². The molecule has 4 heteroatoms. The van der Waals surface area contributed by atoms with Gasteiger partial charge >= 0.3 is 0 Å². The van der Waals surface area contributed by atoms with Gasteiger partial charge in [-0.05, 0) is 13.3 Å². The Morgan fingerprint density at radius 1 is 1.80 bits per heavy atom. The third-order valence-electron chi connectivity index (χ3n) is 1.49. The standard InChI is InChI=1S/C6H12N2O2/c1-5(9)8-6(10)3-2-4-7-8/h5,7,9H,2-4H2,1H3. The Kier molecular flexibility index (Phi) is 2.24. The number of nitrogens with one attached hydrogen (secondary N) is 1. The molecule has 0 aromatic heterocycles. The maximum atomic E-state index is 10.9. The monoisotopic (exact) mass is 144 g/mol. The highest BCUT2D eigenvalue weighted by Gasteiger charge is 2.20. The quantitative estimate of drug-likeness (QED) is 0.519. The highest BCUT2D eigenvalue weighted by molar-refractivity contribution is 5.76. The lowest BCUT2D eigenvalue weighted by Gasteiger charge is -2.29. The van der Waals surface area contributed by atoms with E-state index in [9.17, 15) is 4.79 Å². The van der Waals surface area contributed by atoms with Crippen LogP contribution in [0.4, 0.5) is 0 Å². The van der Waals surface area contributed by atoms with E-state index in [1.807, 2.05) is 0 Å². The van der Waals surface area contributed by atoms with Crippen molar-refractivity contribution in [1.29, 1.82) is 0 Å². The fourth-order valence-corrected chi connectivity index (χ4v) is 0.988. The van der Waals surface area contributed by atoms with E-state index in [-0.39, 0.29) is 5.91 Å². The molecule has 1 unspecified atom stereocenters. The fraction of sp³-hybridized carbons (Fsp3) is 0.833. The lowest BCUT2D eigenvalue weighted by Crippen LogP contribution is -2.51. The van der Waals surface area contributed by atoms with Crippen molar-refractivity contribution in [1.82, 2.24) is 10.4 Å². The van der Waals surface area contributed by atoms with Crippen LogP contribution in [0.25, 0.3) is 0 Å². The van der Waals surface area contributed by atoms with E-state index in [1.54, 1.807) is 6.92 Å². The van der Waals surface area contributed by atoms with Crippen LogP contribution < -0.4 is 5.43 Å². The van der Waals surface area contributed by atoms with Gasteiger partial charge in [0.25, 0.3) is 0 Å². The molecule has 1 atom stereocenters. The van der Waals surface area contributed by atoms with Crippen molar-refractivity contribution in [3.63, 3.8) is 0 Å². The predicted molar refractivity (Wildman–Crippen MR) is 35.8 cm³/mol. The second-order valence-electron chi connectivity index (χ2n) is 2.41. The number of rotatable bonds is 1. The molecule has 1 rings (SSSR count). The van der Waals surface area contributed by atoms with Crippen molar-refractivity contribution in [2.24, 2.45) is 0 Å². The van der Waals surface area contributed by atoms with Gasteiger partial charge in [0.2, 0.25) is 5.91 Å². The molecule has 2 N–H and O–H groups in total. The summed E-state index contributed by atoms with van der Waals surface area (Å²) in [5, 5.41) is 10.3. The lowest BCUT2D eigenvalue weighted by atomic mass is 10.2. The van der Waals surface area contributed by atoms with Crippen LogP contribution in [-0.2, 0) is 4.79 Å². The molecular weight excluding hydrogens is 132 g/mol. The number of amides is 1. The molecule has 0 aromatic rings. The first-order valence-electron chi connectivity index (χ1n) is 3.45. The summed E-state index contributed by atoms with van der Waals surface area (Å²) in [6.45, 7) is 2.34. The smallest absolute Gasteiger partial charge is 0.239 e. The molecule has 0 radical (unpaired) electrons. The third-order valence-corrected chi connectivity index (χ3v) is 1.49. The zero-order valence-electron chi connectivity index (χ0n) is 6.00. The van der Waals surface area contributed by atoms with E-state index in [1.165, 1.54) is 5.01 Å². The van der Waals surface area contributed by atoms with E-state index in [0.29, 0.717) is 6.42 Å². The third kappa shape index (κ3) is 1.46. The zero-order valence-corrected chi connectivity index (χ0v) is 6.00. The summed E-state index contributed by atoms with van der Waals surface area (Å²) in [6, 6.07) is 0. The van der Waals surface area contributed by atoms with E-state index in [0.717, 1.165) is 13.0 Å². The lowest BCUT2D eigenvalue weighted by molar-refractivity contribution is -0.149. The highest BCUT2D eigenvalue weighted by atomic mass is 16.3. The molecular formula is C6H12N2O2. The van der Waals surface area contributed by atoms with Gasteiger partial charge in [-0.1, -0.05) is 0 Å². The van der Waals surface area contributed by atoms with Gasteiger partial charge in [-0.3, -0.25) is 4.79 Å². The molecule has 0 spiro atoms. The van der Waals surface area contributed by atoms with Crippen LogP contribution in [0.1, 0.15) is 19.8 Å². The average Bonchev–Trinajstić information content (AvgIpc) is 1.88. The molecule has 0 bridgehead atoms. The summed E-state index contributed by atoms with van der Waals surface area (Å²) in [5.41, 5.74) is 2.80. The predicted octanol–water partition coefficient (Wildman–Crippen LogP) is -0.548. The van der Waals surface area contributed by atoms with Crippen molar-refractivity contribution in [3.05, 3.63) is 0 Å². The van der Waals surface area contributed by atoms with Crippen molar-refractivity contribution < 1.29 is 9.90 Å². The normalized spacial score (nSPS) is 23.0. The fourth-order valence-electron chi connectivity index (χ4n) is 0.988. The minimum Gasteiger partial charge on any atom is -0.372 e. The molecule has 1 aliphatic rings. The number of carbonyl (C=O) groups excluding carboxylic acids is 1. The van der Waals surface area contributed by atoms with Crippen molar-refractivity contribution in [2.45, 2.75) is 26.0 Å². The van der Waals surface area contributed by atoms with Crippen molar-refractivity contribution >= 4 is 5.91 Å². The molecule has 1 saturated heterocycles. The summed E-state index contributed by atoms with van der Waals surface area (Å²) in [4.78, 5) is 10.9. The first-order chi connectivity index (χ1) is 4.72. The van der Waals surface area contributed by atoms with E-state index < -0.39 is 6.23 Å². The Morgan fingerprint density at radius 3 is 2.90 bits per heavy atom. The molecule has 4 nitrogen and oxygen atoms in total. The largest absolute Gasteiger partial charge is 0.372 e. The molecule has 0 aromatic carbocycles. The van der Waals surface area contributed by atoms with Crippen LogP contribution in [0.15, 0.2) is 0 Å². The van der Waals surface area contributed by atoms with Gasteiger partial charge in [0, 0.05) is 13.0 Å². The number of hydrogen-bond donors (Lipinski definition) is 2. The Morgan fingerprint density at radius 2 is 2.50 bits per heavy atom. The molecule has 1 aliphatic heterocycles. The minimum absolute atomic E-state index is 0.0266. The van der Waals surface area contributed by atoms with Crippen molar-refractivity contribution in [3.8, 4) is 0 Å². The number of aliphatic hydroxyl groups excluding tert-OH is 1. The number of carbonyl (C=O) groups is 1. The highest BCUT2D eigenvalue weighted by Crippen LogP contribution is 2.03. The van der Waals surface area contributed by atoms with Gasteiger partial charge in [0.15, 0.2) is 0 Å². The van der Waals surface area contributed by atoms with E-state index >= 15 is 0 Å². The second kappa shape index (κ2) is 2.98. The summed E-state index contributed by atoms with van der Waals surface area (Å²) >= 11 is 0. The average molecular weight is 144 g/mol. The molecule has 0 aliphatic carbocycles. The van der Waals surface area contributed by atoms with Crippen LogP contribution in [-0.4, -0.2) is 28.8 Å². The molecule has 58 valence electrons. The minimum atomic E-state index is -0.715. The topological polar surface area (TPSA) is 52.6 Å². The Bertz CT molecular complexity index is 136. The maximum absolute atomic E-state index is 10.9. The molecule has 0 saturated carbocycles. The number of nitrogens with zero attached hydrogens (tertiary/aromatic N) is 1. The summed E-state index contributed by atoms with van der Waals surface area (Å²) < 4.78 is 0. The summed E-state index contributed by atoms with van der Waals surface area (Å²) in [6.07, 6.45) is 0.688. The Balaban J connectivity index is 2.48. The molecule has 1 amide bonds. The number of aliphatic hydroxyl groups is 1. The molecule has 1 heterocycles. The Labute approximate surface area is 59.8 Å². The maximum Gasteiger partial charge on any atom is 0.239 e. The van der Waals surface area contributed by atoms with Gasteiger partial charge in [-0.15, -0.1) is 0 Å². The SMILES string of the molecule is CC(O)N1NCCCC1=O.